The number of hydrogen-bond acceptors (Lipinski definition) is 4. The number of anilines is 2. The first kappa shape index (κ1) is 29.0. The molecule has 3 rings (SSSR count). The highest BCUT2D eigenvalue weighted by Gasteiger charge is 2.34. The number of amides is 2. The van der Waals surface area contributed by atoms with Crippen molar-refractivity contribution in [1.82, 2.24) is 4.90 Å². The fraction of sp³-hybridized carbons (Fsp3) is 0.231. The molecule has 38 heavy (non-hydrogen) atoms. The third-order valence-corrected chi connectivity index (χ3v) is 7.74. The van der Waals surface area contributed by atoms with Crippen molar-refractivity contribution in [2.75, 3.05) is 29.3 Å². The second kappa shape index (κ2) is 11.9. The molecular formula is C26H25ClF3N3O4S. The average molecular weight is 568 g/mol. The van der Waals surface area contributed by atoms with E-state index in [1.165, 1.54) is 36.4 Å². The molecule has 0 fully saturated rings. The minimum atomic E-state index is -4.78. The monoisotopic (exact) mass is 567 g/mol. The number of nitrogens with one attached hydrogen (secondary N) is 1. The molecule has 0 radical (unpaired) electrons. The summed E-state index contributed by atoms with van der Waals surface area (Å²) in [6.07, 6.45) is -4.78. The lowest BCUT2D eigenvalue weighted by Crippen LogP contribution is -2.39. The van der Waals surface area contributed by atoms with Gasteiger partial charge in [0.2, 0.25) is 5.91 Å². The minimum absolute atomic E-state index is 0.126. The normalized spacial score (nSPS) is 11.6. The molecule has 0 aromatic heterocycles. The van der Waals surface area contributed by atoms with Crippen LogP contribution in [0.1, 0.15) is 29.8 Å². The van der Waals surface area contributed by atoms with E-state index in [2.05, 4.69) is 5.32 Å². The average Bonchev–Trinajstić information content (AvgIpc) is 2.88. The van der Waals surface area contributed by atoms with Gasteiger partial charge in [0, 0.05) is 13.1 Å². The number of benzene rings is 3. The summed E-state index contributed by atoms with van der Waals surface area (Å²) < 4.78 is 67.9. The van der Waals surface area contributed by atoms with Crippen LogP contribution < -0.4 is 9.62 Å². The summed E-state index contributed by atoms with van der Waals surface area (Å²) in [5.41, 5.74) is -1.35. The van der Waals surface area contributed by atoms with Gasteiger partial charge in [-0.1, -0.05) is 41.9 Å². The van der Waals surface area contributed by atoms with Crippen LogP contribution in [0.2, 0.25) is 5.02 Å². The number of rotatable bonds is 9. The van der Waals surface area contributed by atoms with Crippen LogP contribution in [0.3, 0.4) is 0 Å². The van der Waals surface area contributed by atoms with Crippen molar-refractivity contribution in [2.24, 2.45) is 0 Å². The molecule has 0 spiro atoms. The Morgan fingerprint density at radius 3 is 2.13 bits per heavy atom. The first-order valence-corrected chi connectivity index (χ1v) is 13.3. The summed E-state index contributed by atoms with van der Waals surface area (Å²) >= 11 is 6.16. The van der Waals surface area contributed by atoms with E-state index in [9.17, 15) is 31.2 Å². The number of carbonyl (C=O) groups excluding carboxylic acids is 2. The molecule has 0 aliphatic carbocycles. The molecule has 12 heteroatoms. The lowest BCUT2D eigenvalue weighted by Gasteiger charge is -2.26. The number of sulfonamides is 1. The molecule has 0 saturated heterocycles. The van der Waals surface area contributed by atoms with Gasteiger partial charge in [0.25, 0.3) is 15.9 Å². The highest BCUT2D eigenvalue weighted by molar-refractivity contribution is 7.92. The number of halogens is 4. The number of para-hydroxylation sites is 1. The van der Waals surface area contributed by atoms with Crippen molar-refractivity contribution in [3.8, 4) is 0 Å². The Balaban J connectivity index is 2.04. The van der Waals surface area contributed by atoms with Crippen LogP contribution in [0, 0.1) is 0 Å². The summed E-state index contributed by atoms with van der Waals surface area (Å²) in [7, 11) is -4.53. The van der Waals surface area contributed by atoms with Crippen LogP contribution in [0.4, 0.5) is 24.5 Å². The Morgan fingerprint density at radius 1 is 0.921 bits per heavy atom. The van der Waals surface area contributed by atoms with Crippen molar-refractivity contribution in [2.45, 2.75) is 24.9 Å². The van der Waals surface area contributed by atoms with E-state index in [1.54, 1.807) is 36.9 Å². The Morgan fingerprint density at radius 2 is 1.53 bits per heavy atom. The fourth-order valence-electron chi connectivity index (χ4n) is 3.68. The first-order chi connectivity index (χ1) is 17.9. The van der Waals surface area contributed by atoms with Gasteiger partial charge in [-0.25, -0.2) is 8.42 Å². The number of hydrogen-bond donors (Lipinski definition) is 1. The SMILES string of the molecule is CCN(CC)C(=O)c1ccccc1NC(=O)CN(c1cc(C(F)(F)F)ccc1Cl)S(=O)(=O)c1ccccc1. The molecule has 0 heterocycles. The zero-order chi connectivity index (χ0) is 28.1. The van der Waals surface area contributed by atoms with Crippen LogP contribution in [0.25, 0.3) is 0 Å². The maximum absolute atomic E-state index is 13.5. The molecule has 2 amide bonds. The van der Waals surface area contributed by atoms with Gasteiger partial charge in [0.1, 0.15) is 6.54 Å². The van der Waals surface area contributed by atoms with Gasteiger partial charge in [-0.3, -0.25) is 13.9 Å². The van der Waals surface area contributed by atoms with E-state index in [-0.39, 0.29) is 27.1 Å². The molecule has 0 aliphatic heterocycles. The zero-order valence-electron chi connectivity index (χ0n) is 20.5. The van der Waals surface area contributed by atoms with Gasteiger partial charge in [0.05, 0.1) is 32.4 Å². The smallest absolute Gasteiger partial charge is 0.339 e. The van der Waals surface area contributed by atoms with Crippen LogP contribution in [-0.4, -0.2) is 44.8 Å². The van der Waals surface area contributed by atoms with Crippen molar-refractivity contribution in [3.63, 3.8) is 0 Å². The third kappa shape index (κ3) is 6.46. The van der Waals surface area contributed by atoms with E-state index in [4.69, 9.17) is 11.6 Å². The van der Waals surface area contributed by atoms with Crippen LogP contribution in [-0.2, 0) is 21.0 Å². The van der Waals surface area contributed by atoms with Gasteiger partial charge in [-0.2, -0.15) is 13.2 Å². The van der Waals surface area contributed by atoms with E-state index < -0.39 is 39.9 Å². The van der Waals surface area contributed by atoms with Gasteiger partial charge < -0.3 is 10.2 Å². The lowest BCUT2D eigenvalue weighted by molar-refractivity contribution is -0.137. The predicted octanol–water partition coefficient (Wildman–Crippen LogP) is 5.67. The highest BCUT2D eigenvalue weighted by Crippen LogP contribution is 2.37. The Kier molecular flexibility index (Phi) is 9.05. The van der Waals surface area contributed by atoms with Crippen molar-refractivity contribution < 1.29 is 31.2 Å². The summed E-state index contributed by atoms with van der Waals surface area (Å²) in [5.74, 6) is -1.24. The van der Waals surface area contributed by atoms with E-state index in [1.807, 2.05) is 0 Å². The van der Waals surface area contributed by atoms with Crippen LogP contribution in [0.5, 0.6) is 0 Å². The third-order valence-electron chi connectivity index (χ3n) is 5.64. The van der Waals surface area contributed by atoms with Gasteiger partial charge in [0.15, 0.2) is 0 Å². The quantitative estimate of drug-likeness (QED) is 0.361. The van der Waals surface area contributed by atoms with Gasteiger partial charge >= 0.3 is 6.18 Å². The predicted molar refractivity (Wildman–Crippen MR) is 140 cm³/mol. The molecule has 0 bridgehead atoms. The van der Waals surface area contributed by atoms with Crippen molar-refractivity contribution >= 4 is 44.8 Å². The Hall–Kier alpha value is -3.57. The molecule has 1 N–H and O–H groups in total. The molecule has 0 unspecified atom stereocenters. The topological polar surface area (TPSA) is 86.8 Å². The summed E-state index contributed by atoms with van der Waals surface area (Å²) in [4.78, 5) is 27.4. The summed E-state index contributed by atoms with van der Waals surface area (Å²) in [6.45, 7) is 3.54. The lowest BCUT2D eigenvalue weighted by atomic mass is 10.1. The van der Waals surface area contributed by atoms with E-state index in [0.29, 0.717) is 29.5 Å². The van der Waals surface area contributed by atoms with Gasteiger partial charge in [-0.05, 0) is 56.3 Å². The molecule has 0 atom stereocenters. The van der Waals surface area contributed by atoms with Gasteiger partial charge in [-0.15, -0.1) is 0 Å². The fourth-order valence-corrected chi connectivity index (χ4v) is 5.40. The first-order valence-electron chi connectivity index (χ1n) is 11.5. The molecule has 3 aromatic rings. The molecule has 0 aliphatic rings. The Bertz CT molecular complexity index is 1410. The second-order valence-corrected chi connectivity index (χ2v) is 10.3. The van der Waals surface area contributed by atoms with Crippen LogP contribution >= 0.6 is 11.6 Å². The molecule has 7 nitrogen and oxygen atoms in total. The Labute approximate surface area is 223 Å². The van der Waals surface area contributed by atoms with E-state index in [0.717, 1.165) is 6.07 Å². The molecule has 202 valence electrons. The largest absolute Gasteiger partial charge is 0.416 e. The molecule has 3 aromatic carbocycles. The van der Waals surface area contributed by atoms with Crippen molar-refractivity contribution in [1.29, 1.82) is 0 Å². The molecular weight excluding hydrogens is 543 g/mol. The standard InChI is InChI=1S/C26H25ClF3N3O4S/c1-3-32(4-2)25(35)20-12-8-9-13-22(20)31-24(34)17-33(38(36,37)19-10-6-5-7-11-19)23-16-18(26(28,29)30)14-15-21(23)27/h5-16H,3-4,17H2,1-2H3,(H,31,34). The maximum Gasteiger partial charge on any atom is 0.416 e. The maximum atomic E-state index is 13.5. The van der Waals surface area contributed by atoms with E-state index >= 15 is 0 Å². The zero-order valence-corrected chi connectivity index (χ0v) is 22.1. The van der Waals surface area contributed by atoms with Crippen molar-refractivity contribution in [3.05, 3.63) is 88.9 Å². The van der Waals surface area contributed by atoms with Crippen LogP contribution in [0.15, 0.2) is 77.7 Å². The number of nitrogens with zero attached hydrogens (tertiary/aromatic N) is 2. The number of carbonyl (C=O) groups is 2. The molecule has 0 saturated carbocycles. The second-order valence-electron chi connectivity index (χ2n) is 8.06. The highest BCUT2D eigenvalue weighted by atomic mass is 35.5. The number of alkyl halides is 3. The minimum Gasteiger partial charge on any atom is -0.339 e. The summed E-state index contributed by atoms with van der Waals surface area (Å²) in [6, 6.07) is 15.3. The summed E-state index contributed by atoms with van der Waals surface area (Å²) in [5, 5.41) is 2.22.